The second kappa shape index (κ2) is 14.6. The molecule has 12 heteroatoms. The summed E-state index contributed by atoms with van der Waals surface area (Å²) in [6, 6.07) is 15.8. The van der Waals surface area contributed by atoms with Gasteiger partial charge in [0.1, 0.15) is 12.7 Å². The first-order chi connectivity index (χ1) is 21.4. The molecule has 0 aliphatic carbocycles. The van der Waals surface area contributed by atoms with Gasteiger partial charge < -0.3 is 29.3 Å². The van der Waals surface area contributed by atoms with E-state index in [-0.39, 0.29) is 18.1 Å². The highest BCUT2D eigenvalue weighted by Gasteiger charge is 2.52. The maximum absolute atomic E-state index is 16.2. The molecule has 0 aromatic heterocycles. The molecule has 2 aromatic rings. The average molecular weight is 607 g/mol. The molecular weight excluding hydrogens is 571 g/mol. The van der Waals surface area contributed by atoms with E-state index in [1.165, 1.54) is 4.90 Å². The van der Waals surface area contributed by atoms with Crippen molar-refractivity contribution >= 4 is 24.0 Å². The molecule has 3 aliphatic rings. The number of ether oxygens (including phenoxy) is 3. The predicted molar refractivity (Wildman–Crippen MR) is 157 cm³/mol. The predicted octanol–water partition coefficient (Wildman–Crippen LogP) is 3.40. The number of rotatable bonds is 10. The van der Waals surface area contributed by atoms with E-state index in [0.29, 0.717) is 44.7 Å². The second-order valence-corrected chi connectivity index (χ2v) is 10.5. The zero-order valence-electron chi connectivity index (χ0n) is 24.1. The fraction of sp³-hybridized carbons (Fsp3) is 0.375. The van der Waals surface area contributed by atoms with E-state index in [4.69, 9.17) is 14.2 Å². The molecule has 0 bridgehead atoms. The molecule has 44 heavy (non-hydrogen) atoms. The Bertz CT molecular complexity index is 1370. The summed E-state index contributed by atoms with van der Waals surface area (Å²) in [6.07, 6.45) is 1.92. The molecular formula is C32H35FN4O7. The van der Waals surface area contributed by atoms with Crippen molar-refractivity contribution in [2.75, 3.05) is 45.9 Å². The van der Waals surface area contributed by atoms with Crippen LogP contribution in [-0.2, 0) is 14.2 Å². The second-order valence-electron chi connectivity index (χ2n) is 10.5. The number of carbonyl (C=O) groups is 4. The highest BCUT2D eigenvalue weighted by Crippen LogP contribution is 2.31. The maximum atomic E-state index is 16.2. The smallest absolute Gasteiger partial charge is 0.338 e. The summed E-state index contributed by atoms with van der Waals surface area (Å²) >= 11 is 0. The molecule has 0 spiro atoms. The van der Waals surface area contributed by atoms with Gasteiger partial charge in [-0.1, -0.05) is 60.7 Å². The van der Waals surface area contributed by atoms with Gasteiger partial charge in [-0.05, 0) is 30.7 Å². The summed E-state index contributed by atoms with van der Waals surface area (Å²) in [7, 11) is 0. The average Bonchev–Trinajstić information content (AvgIpc) is 3.17. The maximum Gasteiger partial charge on any atom is 0.338 e. The van der Waals surface area contributed by atoms with Crippen molar-refractivity contribution in [3.8, 4) is 0 Å². The third-order valence-electron chi connectivity index (χ3n) is 7.53. The van der Waals surface area contributed by atoms with Crippen molar-refractivity contribution in [3.05, 3.63) is 96.1 Å². The zero-order chi connectivity index (χ0) is 30.9. The summed E-state index contributed by atoms with van der Waals surface area (Å²) in [5.41, 5.74) is 0.519. The Morgan fingerprint density at radius 2 is 1.45 bits per heavy atom. The molecule has 1 fully saturated rings. The topological polar surface area (TPSA) is 118 Å². The lowest BCUT2D eigenvalue weighted by molar-refractivity contribution is -0.0757. The number of alkyl halides is 1. The third-order valence-corrected chi connectivity index (χ3v) is 7.53. The highest BCUT2D eigenvalue weighted by atomic mass is 19.1. The fourth-order valence-electron chi connectivity index (χ4n) is 5.20. The summed E-state index contributed by atoms with van der Waals surface area (Å²) in [6.45, 7) is 1.67. The van der Waals surface area contributed by atoms with Crippen molar-refractivity contribution < 1.29 is 37.8 Å². The van der Waals surface area contributed by atoms with Gasteiger partial charge in [0.2, 0.25) is 0 Å². The van der Waals surface area contributed by atoms with Gasteiger partial charge >= 0.3 is 24.0 Å². The standard InChI is InChI=1S/C32H35FN4O7/c33-26-27(44-30(39)24-14-5-2-6-15-24)25(22-42-29(38)23-12-3-1-4-13-23)43-28(26)37-21-10-9-18-36(32(37)41)20-11-19-35-17-8-7-16-34-31(35)40/h1-10,12-15,25-28H,11,16-22H2,(H,34,40). The van der Waals surface area contributed by atoms with Crippen LogP contribution in [0, 0.1) is 0 Å². The van der Waals surface area contributed by atoms with Crippen LogP contribution in [0.25, 0.3) is 0 Å². The van der Waals surface area contributed by atoms with E-state index in [1.54, 1.807) is 76.5 Å². The van der Waals surface area contributed by atoms with Crippen LogP contribution in [0.5, 0.6) is 0 Å². The van der Waals surface area contributed by atoms with Gasteiger partial charge in [0.25, 0.3) is 0 Å². The minimum Gasteiger partial charge on any atom is -0.459 e. The lowest BCUT2D eigenvalue weighted by Crippen LogP contribution is -2.51. The van der Waals surface area contributed by atoms with Crippen LogP contribution >= 0.6 is 0 Å². The number of benzene rings is 2. The molecule has 1 N–H and O–H groups in total. The zero-order valence-corrected chi connectivity index (χ0v) is 24.1. The van der Waals surface area contributed by atoms with Gasteiger partial charge in [-0.15, -0.1) is 0 Å². The Kier molecular flexibility index (Phi) is 10.2. The highest BCUT2D eigenvalue weighted by molar-refractivity contribution is 5.90. The minimum absolute atomic E-state index is 0.0651. The van der Waals surface area contributed by atoms with Crippen LogP contribution in [0.2, 0.25) is 0 Å². The van der Waals surface area contributed by atoms with Crippen LogP contribution in [0.1, 0.15) is 27.1 Å². The lowest BCUT2D eigenvalue weighted by atomic mass is 10.1. The normalized spacial score (nSPS) is 23.6. The molecule has 3 heterocycles. The molecule has 0 saturated carbocycles. The number of hydrogen-bond donors (Lipinski definition) is 1. The first-order valence-electron chi connectivity index (χ1n) is 14.6. The Labute approximate surface area is 254 Å². The van der Waals surface area contributed by atoms with Crippen LogP contribution in [0.4, 0.5) is 14.0 Å². The van der Waals surface area contributed by atoms with Gasteiger partial charge in [0.15, 0.2) is 18.5 Å². The van der Waals surface area contributed by atoms with Gasteiger partial charge in [-0.2, -0.15) is 0 Å². The molecule has 0 radical (unpaired) electrons. The number of hydrogen-bond acceptors (Lipinski definition) is 7. The summed E-state index contributed by atoms with van der Waals surface area (Å²) in [5, 5.41) is 2.78. The number of carbonyl (C=O) groups excluding carboxylic acids is 4. The van der Waals surface area contributed by atoms with E-state index >= 15 is 4.39 Å². The van der Waals surface area contributed by atoms with E-state index in [2.05, 4.69) is 5.32 Å². The fourth-order valence-corrected chi connectivity index (χ4v) is 5.20. The molecule has 3 aliphatic heterocycles. The summed E-state index contributed by atoms with van der Waals surface area (Å²) in [5.74, 6) is -1.41. The third kappa shape index (κ3) is 7.43. The number of nitrogens with one attached hydrogen (secondary N) is 1. The SMILES string of the molecule is O=C(OCC1OC(N2CC=CCN(CCCN3CC=CCNC3=O)C2=O)C(F)C1OC(=O)c1ccccc1)c1ccccc1. The Morgan fingerprint density at radius 3 is 2.18 bits per heavy atom. The molecule has 4 atom stereocenters. The number of amides is 4. The van der Waals surface area contributed by atoms with Crippen LogP contribution < -0.4 is 5.32 Å². The van der Waals surface area contributed by atoms with Crippen LogP contribution in [-0.4, -0.2) is 109 Å². The van der Waals surface area contributed by atoms with Gasteiger partial charge in [0.05, 0.1) is 11.1 Å². The monoisotopic (exact) mass is 606 g/mol. The number of halogens is 1. The van der Waals surface area contributed by atoms with Crippen molar-refractivity contribution in [1.82, 2.24) is 20.0 Å². The largest absolute Gasteiger partial charge is 0.459 e. The minimum atomic E-state index is -1.92. The van der Waals surface area contributed by atoms with E-state index in [1.807, 2.05) is 18.2 Å². The van der Waals surface area contributed by atoms with E-state index in [0.717, 1.165) is 0 Å². The summed E-state index contributed by atoms with van der Waals surface area (Å²) in [4.78, 5) is 55.9. The summed E-state index contributed by atoms with van der Waals surface area (Å²) < 4.78 is 33.2. The molecule has 232 valence electrons. The van der Waals surface area contributed by atoms with E-state index in [9.17, 15) is 19.2 Å². The molecule has 4 unspecified atom stereocenters. The molecule has 2 aromatic carbocycles. The lowest BCUT2D eigenvalue weighted by Gasteiger charge is -2.32. The van der Waals surface area contributed by atoms with Crippen molar-refractivity contribution in [2.45, 2.75) is 31.0 Å². The van der Waals surface area contributed by atoms with Crippen molar-refractivity contribution in [3.63, 3.8) is 0 Å². The Hall–Kier alpha value is -4.71. The van der Waals surface area contributed by atoms with Crippen molar-refractivity contribution in [2.24, 2.45) is 0 Å². The van der Waals surface area contributed by atoms with Crippen molar-refractivity contribution in [1.29, 1.82) is 0 Å². The molecule has 11 nitrogen and oxygen atoms in total. The number of esters is 2. The van der Waals surface area contributed by atoms with Crippen LogP contribution in [0.15, 0.2) is 85.0 Å². The Morgan fingerprint density at radius 1 is 0.841 bits per heavy atom. The van der Waals surface area contributed by atoms with Gasteiger partial charge in [-0.3, -0.25) is 4.90 Å². The van der Waals surface area contributed by atoms with Crippen LogP contribution in [0.3, 0.4) is 0 Å². The van der Waals surface area contributed by atoms with Gasteiger partial charge in [0, 0.05) is 39.3 Å². The van der Waals surface area contributed by atoms with Gasteiger partial charge in [-0.25, -0.2) is 23.6 Å². The number of nitrogens with zero attached hydrogens (tertiary/aromatic N) is 3. The molecule has 4 amide bonds. The first-order valence-corrected chi connectivity index (χ1v) is 14.6. The van der Waals surface area contributed by atoms with E-state index < -0.39 is 49.2 Å². The quantitative estimate of drug-likeness (QED) is 0.326. The first kappa shape index (κ1) is 30.7. The Balaban J connectivity index is 1.27. The molecule has 5 rings (SSSR count). The number of urea groups is 2. The molecule has 1 saturated heterocycles.